The van der Waals surface area contributed by atoms with E-state index in [1.54, 1.807) is 25.2 Å². The lowest BCUT2D eigenvalue weighted by molar-refractivity contribution is 0.0958. The van der Waals surface area contributed by atoms with Gasteiger partial charge in [0.25, 0.3) is 5.91 Å². The SMILES string of the molecule is CNC(=O)c1ccc2c(n1)CCC1C2=NN(c2ccc(C#N)c(O)c2)C1C1CCCC1. The quantitative estimate of drug-likeness (QED) is 0.800. The van der Waals surface area contributed by atoms with Crippen molar-refractivity contribution in [1.82, 2.24) is 10.3 Å². The standard InChI is InChI=1S/C24H25N5O2/c1-26-24(31)20-11-8-17-19(27-20)10-9-18-22(17)28-29(23(18)14-4-2-3-5-14)16-7-6-15(13-25)21(30)12-16/h6-8,11-12,14,18,23,30H,2-5,9-10H2,1H3,(H,26,31). The fourth-order valence-electron chi connectivity index (χ4n) is 5.44. The lowest BCUT2D eigenvalue weighted by Gasteiger charge is -2.34. The van der Waals surface area contributed by atoms with Crippen LogP contribution in [0.5, 0.6) is 5.75 Å². The fourth-order valence-corrected chi connectivity index (χ4v) is 5.44. The zero-order chi connectivity index (χ0) is 21.5. The van der Waals surface area contributed by atoms with E-state index in [1.807, 2.05) is 18.2 Å². The molecule has 0 spiro atoms. The van der Waals surface area contributed by atoms with Gasteiger partial charge in [-0.25, -0.2) is 4.98 Å². The molecule has 1 aromatic carbocycles. The molecule has 2 N–H and O–H groups in total. The first-order valence-electron chi connectivity index (χ1n) is 10.9. The van der Waals surface area contributed by atoms with Gasteiger partial charge in [0.2, 0.25) is 0 Å². The molecule has 0 saturated heterocycles. The minimum atomic E-state index is -0.184. The molecule has 2 atom stereocenters. The van der Waals surface area contributed by atoms with E-state index in [-0.39, 0.29) is 23.3 Å². The average molecular weight is 415 g/mol. The van der Waals surface area contributed by atoms with Crippen LogP contribution in [-0.2, 0) is 6.42 Å². The topological polar surface area (TPSA) is 102 Å². The van der Waals surface area contributed by atoms with Gasteiger partial charge in [-0.15, -0.1) is 0 Å². The van der Waals surface area contributed by atoms with Crippen LogP contribution in [0.15, 0.2) is 35.4 Å². The Kier molecular flexibility index (Phi) is 4.85. The number of hydrogen-bond acceptors (Lipinski definition) is 6. The van der Waals surface area contributed by atoms with Crippen LogP contribution in [0.3, 0.4) is 0 Å². The number of carbonyl (C=O) groups excluding carboxylic acids is 1. The van der Waals surface area contributed by atoms with Crippen molar-refractivity contribution in [2.45, 2.75) is 44.6 Å². The Morgan fingerprint density at radius 1 is 1.23 bits per heavy atom. The molecule has 2 aliphatic carbocycles. The van der Waals surface area contributed by atoms with Crippen LogP contribution in [0, 0.1) is 23.2 Å². The highest BCUT2D eigenvalue weighted by Gasteiger charge is 2.46. The van der Waals surface area contributed by atoms with E-state index < -0.39 is 0 Å². The third kappa shape index (κ3) is 3.23. The molecule has 7 heteroatoms. The number of carbonyl (C=O) groups is 1. The maximum Gasteiger partial charge on any atom is 0.269 e. The van der Waals surface area contributed by atoms with Gasteiger partial charge in [-0.2, -0.15) is 10.4 Å². The number of aromatic hydroxyl groups is 1. The molecule has 31 heavy (non-hydrogen) atoms. The van der Waals surface area contributed by atoms with Crippen LogP contribution in [0.4, 0.5) is 5.69 Å². The second kappa shape index (κ2) is 7.69. The summed E-state index contributed by atoms with van der Waals surface area (Å²) in [6, 6.07) is 11.2. The van der Waals surface area contributed by atoms with Crippen LogP contribution < -0.4 is 10.3 Å². The minimum Gasteiger partial charge on any atom is -0.506 e. The van der Waals surface area contributed by atoms with Crippen molar-refractivity contribution in [3.8, 4) is 11.8 Å². The molecular formula is C24H25N5O2. The van der Waals surface area contributed by atoms with E-state index in [0.717, 1.165) is 35.5 Å². The number of aromatic nitrogens is 1. The predicted molar refractivity (Wildman–Crippen MR) is 117 cm³/mol. The summed E-state index contributed by atoms with van der Waals surface area (Å²) < 4.78 is 0. The van der Waals surface area contributed by atoms with Crippen molar-refractivity contribution in [1.29, 1.82) is 5.26 Å². The van der Waals surface area contributed by atoms with Crippen molar-refractivity contribution in [3.05, 3.63) is 52.8 Å². The van der Waals surface area contributed by atoms with Crippen molar-refractivity contribution >= 4 is 17.3 Å². The first-order valence-corrected chi connectivity index (χ1v) is 10.9. The maximum atomic E-state index is 12.0. The number of fused-ring (bicyclic) bond motifs is 3. The number of hydrazone groups is 1. The molecule has 0 radical (unpaired) electrons. The molecule has 1 fully saturated rings. The third-order valence-electron chi connectivity index (χ3n) is 6.91. The highest BCUT2D eigenvalue weighted by atomic mass is 16.3. The molecule has 1 saturated carbocycles. The Morgan fingerprint density at radius 2 is 2.03 bits per heavy atom. The largest absolute Gasteiger partial charge is 0.506 e. The summed E-state index contributed by atoms with van der Waals surface area (Å²) in [5.74, 6) is 0.638. The number of nitriles is 1. The number of anilines is 1. The molecule has 158 valence electrons. The van der Waals surface area contributed by atoms with Gasteiger partial charge in [0.05, 0.1) is 28.7 Å². The summed E-state index contributed by atoms with van der Waals surface area (Å²) in [4.78, 5) is 16.6. The number of phenols is 1. The second-order valence-corrected chi connectivity index (χ2v) is 8.59. The number of rotatable bonds is 3. The van der Waals surface area contributed by atoms with Crippen molar-refractivity contribution < 1.29 is 9.90 Å². The smallest absolute Gasteiger partial charge is 0.269 e. The van der Waals surface area contributed by atoms with Gasteiger partial charge in [-0.3, -0.25) is 9.80 Å². The number of nitrogens with zero attached hydrogens (tertiary/aromatic N) is 4. The molecule has 2 heterocycles. The minimum absolute atomic E-state index is 0.0162. The van der Waals surface area contributed by atoms with Gasteiger partial charge < -0.3 is 10.4 Å². The van der Waals surface area contributed by atoms with Crippen LogP contribution in [-0.4, -0.2) is 34.8 Å². The Bertz CT molecular complexity index is 1110. The molecule has 1 aliphatic heterocycles. The van der Waals surface area contributed by atoms with Gasteiger partial charge in [0.15, 0.2) is 0 Å². The molecule has 2 unspecified atom stereocenters. The number of nitrogens with one attached hydrogen (secondary N) is 1. The van der Waals surface area contributed by atoms with Crippen LogP contribution >= 0.6 is 0 Å². The zero-order valence-corrected chi connectivity index (χ0v) is 17.5. The summed E-state index contributed by atoms with van der Waals surface area (Å²) in [6.45, 7) is 0. The Morgan fingerprint density at radius 3 is 2.74 bits per heavy atom. The normalized spacial score (nSPS) is 22.5. The van der Waals surface area contributed by atoms with Gasteiger partial charge in [0.1, 0.15) is 17.5 Å². The molecule has 1 aromatic heterocycles. The van der Waals surface area contributed by atoms with Crippen LogP contribution in [0.2, 0.25) is 0 Å². The number of amides is 1. The predicted octanol–water partition coefficient (Wildman–Crippen LogP) is 3.36. The summed E-state index contributed by atoms with van der Waals surface area (Å²) in [5.41, 5.74) is 4.48. The zero-order valence-electron chi connectivity index (χ0n) is 17.5. The van der Waals surface area contributed by atoms with E-state index in [1.165, 1.54) is 25.7 Å². The monoisotopic (exact) mass is 415 g/mol. The van der Waals surface area contributed by atoms with Crippen molar-refractivity contribution in [3.63, 3.8) is 0 Å². The molecule has 7 nitrogen and oxygen atoms in total. The van der Waals surface area contributed by atoms with Gasteiger partial charge in [-0.05, 0) is 55.9 Å². The molecule has 2 aromatic rings. The number of phenolic OH excluding ortho intramolecular Hbond substituents is 1. The highest BCUT2D eigenvalue weighted by Crippen LogP contribution is 2.45. The van der Waals surface area contributed by atoms with Crippen molar-refractivity contribution in [2.75, 3.05) is 12.1 Å². The number of benzene rings is 1. The van der Waals surface area contributed by atoms with Gasteiger partial charge in [-0.1, -0.05) is 12.8 Å². The van der Waals surface area contributed by atoms with E-state index in [9.17, 15) is 9.90 Å². The molecule has 1 amide bonds. The van der Waals surface area contributed by atoms with E-state index in [0.29, 0.717) is 17.5 Å². The average Bonchev–Trinajstić information content (AvgIpc) is 3.45. The van der Waals surface area contributed by atoms with Crippen LogP contribution in [0.1, 0.15) is 59.4 Å². The van der Waals surface area contributed by atoms with E-state index >= 15 is 0 Å². The first-order chi connectivity index (χ1) is 15.1. The summed E-state index contributed by atoms with van der Waals surface area (Å²) in [7, 11) is 1.61. The van der Waals surface area contributed by atoms with Gasteiger partial charge in [0, 0.05) is 24.6 Å². The Labute approximate surface area is 181 Å². The lowest BCUT2D eigenvalue weighted by atomic mass is 9.76. The Hall–Kier alpha value is -3.40. The third-order valence-corrected chi connectivity index (χ3v) is 6.91. The first kappa shape index (κ1) is 19.6. The lowest BCUT2D eigenvalue weighted by Crippen LogP contribution is -2.40. The van der Waals surface area contributed by atoms with Crippen LogP contribution in [0.25, 0.3) is 0 Å². The second-order valence-electron chi connectivity index (χ2n) is 8.59. The van der Waals surface area contributed by atoms with E-state index in [2.05, 4.69) is 15.3 Å². The number of hydrogen-bond donors (Lipinski definition) is 2. The summed E-state index contributed by atoms with van der Waals surface area (Å²) in [5, 5.41) is 29.2. The molecular weight excluding hydrogens is 390 g/mol. The molecule has 5 rings (SSSR count). The van der Waals surface area contributed by atoms with Gasteiger partial charge >= 0.3 is 0 Å². The Balaban J connectivity index is 1.57. The summed E-state index contributed by atoms with van der Waals surface area (Å²) >= 11 is 0. The number of aryl methyl sites for hydroxylation is 1. The molecule has 0 bridgehead atoms. The number of pyridine rings is 1. The maximum absolute atomic E-state index is 12.0. The highest BCUT2D eigenvalue weighted by molar-refractivity contribution is 6.07. The molecule has 3 aliphatic rings. The fraction of sp³-hybridized carbons (Fsp3) is 0.417. The summed E-state index contributed by atoms with van der Waals surface area (Å²) in [6.07, 6.45) is 6.61. The van der Waals surface area contributed by atoms with E-state index in [4.69, 9.17) is 10.4 Å². The van der Waals surface area contributed by atoms with Crippen molar-refractivity contribution in [2.24, 2.45) is 16.9 Å².